The van der Waals surface area contributed by atoms with Crippen LogP contribution in [0.25, 0.3) is 22.6 Å². The van der Waals surface area contributed by atoms with Crippen molar-refractivity contribution < 1.29 is 18.7 Å². The molecule has 5 rings (SSSR count). The lowest BCUT2D eigenvalue weighted by atomic mass is 9.91. The van der Waals surface area contributed by atoms with Gasteiger partial charge in [-0.15, -0.1) is 0 Å². The Morgan fingerprint density at radius 1 is 1.16 bits per heavy atom. The molecule has 0 unspecified atom stereocenters. The van der Waals surface area contributed by atoms with E-state index in [9.17, 15) is 9.18 Å². The number of benzene rings is 1. The Balaban J connectivity index is 1.39. The first-order valence-corrected chi connectivity index (χ1v) is 12.9. The molecule has 11 heteroatoms. The van der Waals surface area contributed by atoms with Gasteiger partial charge in [0.25, 0.3) is 0 Å². The van der Waals surface area contributed by atoms with Gasteiger partial charge in [0, 0.05) is 37.9 Å². The molecule has 1 aromatic carbocycles. The van der Waals surface area contributed by atoms with Gasteiger partial charge in [0.2, 0.25) is 18.1 Å². The van der Waals surface area contributed by atoms with E-state index >= 15 is 0 Å². The predicted molar refractivity (Wildman–Crippen MR) is 141 cm³/mol. The third kappa shape index (κ3) is 5.69. The standard InChI is InChI=1S/C27H34FN7O3/c1-27(25(36)29-12-15-34(2)3)16-37-24(38-17-27)23-32-21(18-6-8-19(28)9-7-18)22(33-23)20-10-11-30-26(31-20)35-13-4-5-14-35/h6-11,24H,4-5,12-17H2,1-3H3,(H,29,36)(H,32,33). The van der Waals surface area contributed by atoms with E-state index in [1.165, 1.54) is 12.1 Å². The Labute approximate surface area is 221 Å². The van der Waals surface area contributed by atoms with Crippen molar-refractivity contribution in [3.8, 4) is 22.6 Å². The van der Waals surface area contributed by atoms with Crippen LogP contribution in [0, 0.1) is 11.2 Å². The highest BCUT2D eigenvalue weighted by atomic mass is 19.1. The number of nitrogens with zero attached hydrogens (tertiary/aromatic N) is 5. The summed E-state index contributed by atoms with van der Waals surface area (Å²) in [4.78, 5) is 34.3. The molecule has 1 amide bonds. The maximum atomic E-state index is 13.7. The minimum absolute atomic E-state index is 0.111. The fourth-order valence-electron chi connectivity index (χ4n) is 4.57. The number of ether oxygens (including phenoxy) is 2. The number of aromatic amines is 1. The molecule has 2 fully saturated rings. The molecule has 0 spiro atoms. The van der Waals surface area contributed by atoms with E-state index in [0.717, 1.165) is 38.0 Å². The van der Waals surface area contributed by atoms with Crippen LogP contribution in [0.5, 0.6) is 0 Å². The molecule has 2 aliphatic rings. The fraction of sp³-hybridized carbons (Fsp3) is 0.481. The first-order chi connectivity index (χ1) is 18.3. The van der Waals surface area contributed by atoms with Crippen molar-refractivity contribution >= 4 is 11.9 Å². The summed E-state index contributed by atoms with van der Waals surface area (Å²) in [6, 6.07) is 7.98. The van der Waals surface area contributed by atoms with Crippen LogP contribution in [0.15, 0.2) is 36.5 Å². The van der Waals surface area contributed by atoms with Crippen molar-refractivity contribution in [2.75, 3.05) is 58.4 Å². The summed E-state index contributed by atoms with van der Waals surface area (Å²) in [7, 11) is 3.91. The number of carbonyl (C=O) groups excluding carboxylic acids is 1. The number of rotatable bonds is 8. The molecule has 2 saturated heterocycles. The van der Waals surface area contributed by atoms with Crippen LogP contribution < -0.4 is 10.2 Å². The number of imidazole rings is 1. The highest BCUT2D eigenvalue weighted by molar-refractivity contribution is 5.82. The van der Waals surface area contributed by atoms with Gasteiger partial charge in [-0.1, -0.05) is 0 Å². The zero-order chi connectivity index (χ0) is 26.7. The first kappa shape index (κ1) is 26.2. The summed E-state index contributed by atoms with van der Waals surface area (Å²) in [5.41, 5.74) is 1.85. The van der Waals surface area contributed by atoms with Crippen LogP contribution in [-0.2, 0) is 14.3 Å². The van der Waals surface area contributed by atoms with Crippen LogP contribution >= 0.6 is 0 Å². The van der Waals surface area contributed by atoms with E-state index in [1.54, 1.807) is 18.3 Å². The van der Waals surface area contributed by atoms with Crippen molar-refractivity contribution in [3.63, 3.8) is 0 Å². The van der Waals surface area contributed by atoms with Crippen LogP contribution in [0.2, 0.25) is 0 Å². The van der Waals surface area contributed by atoms with Crippen LogP contribution in [0.3, 0.4) is 0 Å². The van der Waals surface area contributed by atoms with Gasteiger partial charge in [0.15, 0.2) is 5.82 Å². The van der Waals surface area contributed by atoms with Gasteiger partial charge in [-0.05, 0) is 64.2 Å². The number of amides is 1. The van der Waals surface area contributed by atoms with E-state index < -0.39 is 11.7 Å². The second-order valence-electron chi connectivity index (χ2n) is 10.4. The molecule has 38 heavy (non-hydrogen) atoms. The summed E-state index contributed by atoms with van der Waals surface area (Å²) in [6.07, 6.45) is 3.18. The Morgan fingerprint density at radius 2 is 1.87 bits per heavy atom. The monoisotopic (exact) mass is 523 g/mol. The number of H-pyrrole nitrogens is 1. The number of nitrogens with one attached hydrogen (secondary N) is 2. The predicted octanol–water partition coefficient (Wildman–Crippen LogP) is 3.00. The highest BCUT2D eigenvalue weighted by Crippen LogP contribution is 2.36. The summed E-state index contributed by atoms with van der Waals surface area (Å²) in [6.45, 7) is 5.33. The number of likely N-dealkylation sites (N-methyl/N-ethyl adjacent to an activating group) is 1. The number of hydrogen-bond acceptors (Lipinski definition) is 8. The maximum absolute atomic E-state index is 13.7. The van der Waals surface area contributed by atoms with E-state index in [2.05, 4.69) is 20.2 Å². The Hall–Kier alpha value is -3.41. The third-order valence-corrected chi connectivity index (χ3v) is 6.85. The number of anilines is 1. The average Bonchev–Trinajstić information content (AvgIpc) is 3.61. The van der Waals surface area contributed by atoms with E-state index in [0.29, 0.717) is 35.4 Å². The second-order valence-corrected chi connectivity index (χ2v) is 10.4. The number of aromatic nitrogens is 4. The molecule has 3 aromatic rings. The molecular weight excluding hydrogens is 489 g/mol. The number of halogens is 1. The van der Waals surface area contributed by atoms with Gasteiger partial charge in [-0.25, -0.2) is 19.3 Å². The lowest BCUT2D eigenvalue weighted by molar-refractivity contribution is -0.231. The number of hydrogen-bond donors (Lipinski definition) is 2. The molecule has 10 nitrogen and oxygen atoms in total. The zero-order valence-corrected chi connectivity index (χ0v) is 22.0. The molecule has 0 bridgehead atoms. The minimum Gasteiger partial charge on any atom is -0.354 e. The van der Waals surface area contributed by atoms with Gasteiger partial charge in [-0.3, -0.25) is 4.79 Å². The van der Waals surface area contributed by atoms with Crippen molar-refractivity contribution in [1.29, 1.82) is 0 Å². The molecule has 0 saturated carbocycles. The average molecular weight is 524 g/mol. The fourth-order valence-corrected chi connectivity index (χ4v) is 4.57. The van der Waals surface area contributed by atoms with Crippen molar-refractivity contribution in [2.45, 2.75) is 26.1 Å². The first-order valence-electron chi connectivity index (χ1n) is 12.9. The van der Waals surface area contributed by atoms with Crippen molar-refractivity contribution in [1.82, 2.24) is 30.2 Å². The normalized spacial score (nSPS) is 21.7. The molecule has 4 heterocycles. The lowest BCUT2D eigenvalue weighted by Gasteiger charge is -2.35. The maximum Gasteiger partial charge on any atom is 0.230 e. The summed E-state index contributed by atoms with van der Waals surface area (Å²) in [5.74, 6) is 0.685. The van der Waals surface area contributed by atoms with Gasteiger partial charge in [0.05, 0.1) is 35.7 Å². The molecule has 2 N–H and O–H groups in total. The smallest absolute Gasteiger partial charge is 0.230 e. The van der Waals surface area contributed by atoms with Crippen molar-refractivity contribution in [3.05, 3.63) is 48.2 Å². The van der Waals surface area contributed by atoms with Gasteiger partial charge >= 0.3 is 0 Å². The van der Waals surface area contributed by atoms with E-state index in [4.69, 9.17) is 19.4 Å². The topological polar surface area (TPSA) is 109 Å². The minimum atomic E-state index is -0.810. The summed E-state index contributed by atoms with van der Waals surface area (Å²) >= 11 is 0. The lowest BCUT2D eigenvalue weighted by Crippen LogP contribution is -2.49. The summed E-state index contributed by atoms with van der Waals surface area (Å²) in [5, 5.41) is 2.96. The van der Waals surface area contributed by atoms with E-state index in [-0.39, 0.29) is 24.9 Å². The van der Waals surface area contributed by atoms with Gasteiger partial charge < -0.3 is 29.6 Å². The van der Waals surface area contributed by atoms with Gasteiger partial charge in [-0.2, -0.15) is 0 Å². The van der Waals surface area contributed by atoms with Crippen LogP contribution in [-0.4, -0.2) is 84.2 Å². The molecule has 0 aliphatic carbocycles. The third-order valence-electron chi connectivity index (χ3n) is 6.85. The zero-order valence-electron chi connectivity index (χ0n) is 22.0. The molecule has 2 aliphatic heterocycles. The molecule has 2 aromatic heterocycles. The second kappa shape index (κ2) is 11.1. The van der Waals surface area contributed by atoms with Crippen LogP contribution in [0.4, 0.5) is 10.3 Å². The molecule has 202 valence electrons. The number of carbonyl (C=O) groups is 1. The quantitative estimate of drug-likeness (QED) is 0.464. The SMILES string of the molecule is CN(C)CCNC(=O)C1(C)COC(c2nc(-c3ccc(F)cc3)c(-c3ccnc(N4CCCC4)n3)[nH]2)OC1. The molecular formula is C27H34FN7O3. The highest BCUT2D eigenvalue weighted by Gasteiger charge is 2.40. The Kier molecular flexibility index (Phi) is 7.68. The van der Waals surface area contributed by atoms with Crippen molar-refractivity contribution in [2.24, 2.45) is 5.41 Å². The Morgan fingerprint density at radius 3 is 2.55 bits per heavy atom. The largest absolute Gasteiger partial charge is 0.354 e. The summed E-state index contributed by atoms with van der Waals surface area (Å²) < 4.78 is 25.7. The van der Waals surface area contributed by atoms with E-state index in [1.807, 2.05) is 32.0 Å². The molecule has 0 atom stereocenters. The Bertz CT molecular complexity index is 1250. The molecule has 0 radical (unpaired) electrons. The van der Waals surface area contributed by atoms with Crippen LogP contribution in [0.1, 0.15) is 31.9 Å². The van der Waals surface area contributed by atoms with Gasteiger partial charge in [0.1, 0.15) is 5.82 Å².